The van der Waals surface area contributed by atoms with Crippen LogP contribution < -0.4 is 5.73 Å². The van der Waals surface area contributed by atoms with Crippen molar-refractivity contribution in [3.8, 4) is 0 Å². The highest BCUT2D eigenvalue weighted by atomic mass is 15.5. The summed E-state index contributed by atoms with van der Waals surface area (Å²) in [4.78, 5) is 5.88. The van der Waals surface area contributed by atoms with Crippen LogP contribution in [-0.2, 0) is 13.0 Å². The Hall–Kier alpha value is -1.91. The second kappa shape index (κ2) is 4.08. The molecule has 0 spiro atoms. The minimum Gasteiger partial charge on any atom is -0.381 e. The zero-order chi connectivity index (χ0) is 10.7. The molecule has 2 aromatic rings. The van der Waals surface area contributed by atoms with Crippen molar-refractivity contribution in [1.82, 2.24) is 20.0 Å². The molecule has 0 aromatic carbocycles. The van der Waals surface area contributed by atoms with E-state index in [-0.39, 0.29) is 0 Å². The molecule has 0 bridgehead atoms. The topological polar surface area (TPSA) is 69.6 Å². The van der Waals surface area contributed by atoms with Crippen LogP contribution >= 0.6 is 0 Å². The van der Waals surface area contributed by atoms with E-state index in [1.54, 1.807) is 11.0 Å². The predicted molar refractivity (Wildman–Crippen MR) is 57.1 cm³/mol. The fraction of sp³-hybridized carbons (Fsp3) is 0.300. The van der Waals surface area contributed by atoms with Gasteiger partial charge in [0.2, 0.25) is 0 Å². The van der Waals surface area contributed by atoms with E-state index in [1.807, 2.05) is 25.3 Å². The molecular weight excluding hydrogens is 190 g/mol. The molecule has 0 aliphatic carbocycles. The van der Waals surface area contributed by atoms with Crippen LogP contribution in [-0.4, -0.2) is 20.0 Å². The van der Waals surface area contributed by atoms with E-state index < -0.39 is 0 Å². The summed E-state index contributed by atoms with van der Waals surface area (Å²) in [5.41, 5.74) is 7.66. The number of hydrogen-bond donors (Lipinski definition) is 1. The maximum absolute atomic E-state index is 5.46. The summed E-state index contributed by atoms with van der Waals surface area (Å²) in [5.74, 6) is 0.451. The molecule has 78 valence electrons. The summed E-state index contributed by atoms with van der Waals surface area (Å²) in [6, 6.07) is 4.06. The number of aromatic nitrogens is 4. The number of nitrogens with two attached hydrogens (primary N) is 1. The molecule has 5 nitrogen and oxygen atoms in total. The van der Waals surface area contributed by atoms with Crippen molar-refractivity contribution in [1.29, 1.82) is 0 Å². The van der Waals surface area contributed by atoms with Crippen molar-refractivity contribution in [3.05, 3.63) is 35.8 Å². The number of hydrogen-bond acceptors (Lipinski definition) is 4. The Morgan fingerprint density at radius 2 is 2.20 bits per heavy atom. The lowest BCUT2D eigenvalue weighted by Gasteiger charge is -2.00. The first-order valence-electron chi connectivity index (χ1n) is 4.81. The second-order valence-corrected chi connectivity index (χ2v) is 3.44. The van der Waals surface area contributed by atoms with Gasteiger partial charge in [-0.05, 0) is 18.6 Å². The minimum atomic E-state index is 0.451. The second-order valence-electron chi connectivity index (χ2n) is 3.44. The molecule has 2 rings (SSSR count). The Morgan fingerprint density at radius 3 is 2.80 bits per heavy atom. The Balaban J connectivity index is 1.96. The summed E-state index contributed by atoms with van der Waals surface area (Å²) in [6.45, 7) is 2.72. The molecule has 2 heterocycles. The van der Waals surface area contributed by atoms with Crippen LogP contribution in [0.5, 0.6) is 0 Å². The van der Waals surface area contributed by atoms with E-state index in [9.17, 15) is 0 Å². The average molecular weight is 203 g/mol. The van der Waals surface area contributed by atoms with Gasteiger partial charge in [0.05, 0.1) is 12.7 Å². The first kappa shape index (κ1) is 9.64. The van der Waals surface area contributed by atoms with Gasteiger partial charge in [0, 0.05) is 18.3 Å². The summed E-state index contributed by atoms with van der Waals surface area (Å²) >= 11 is 0. The molecule has 0 aliphatic rings. The van der Waals surface area contributed by atoms with E-state index in [0.717, 1.165) is 12.1 Å². The maximum Gasteiger partial charge on any atom is 0.165 e. The molecule has 0 saturated heterocycles. The quantitative estimate of drug-likeness (QED) is 0.801. The Kier molecular flexibility index (Phi) is 2.62. The summed E-state index contributed by atoms with van der Waals surface area (Å²) < 4.78 is 0. The van der Waals surface area contributed by atoms with Crippen LogP contribution in [0.3, 0.4) is 0 Å². The third-order valence-electron chi connectivity index (χ3n) is 2.09. The van der Waals surface area contributed by atoms with E-state index in [0.29, 0.717) is 12.4 Å². The fourth-order valence-electron chi connectivity index (χ4n) is 1.28. The summed E-state index contributed by atoms with van der Waals surface area (Å²) in [7, 11) is 0. The van der Waals surface area contributed by atoms with Crippen LogP contribution in [0.2, 0.25) is 0 Å². The SMILES string of the molecule is Cc1ccc(CCn2ncc(N)n2)nc1. The monoisotopic (exact) mass is 203 g/mol. The standard InChI is InChI=1S/C10H13N5/c1-8-2-3-9(12-6-8)4-5-15-13-7-10(11)14-15/h2-3,6-7H,4-5H2,1H3,(H2,11,14). The maximum atomic E-state index is 5.46. The predicted octanol–water partition coefficient (Wildman–Crippen LogP) is 0.806. The minimum absolute atomic E-state index is 0.451. The van der Waals surface area contributed by atoms with Crippen molar-refractivity contribution in [2.75, 3.05) is 5.73 Å². The largest absolute Gasteiger partial charge is 0.381 e. The Bertz CT molecular complexity index is 431. The van der Waals surface area contributed by atoms with Gasteiger partial charge in [0.15, 0.2) is 5.82 Å². The smallest absolute Gasteiger partial charge is 0.165 e. The molecule has 2 N–H and O–H groups in total. The molecule has 0 saturated carbocycles. The van der Waals surface area contributed by atoms with Crippen LogP contribution in [0.1, 0.15) is 11.3 Å². The highest BCUT2D eigenvalue weighted by Gasteiger charge is 1.98. The molecule has 0 fully saturated rings. The molecule has 15 heavy (non-hydrogen) atoms. The number of rotatable bonds is 3. The van der Waals surface area contributed by atoms with Crippen LogP contribution in [0.15, 0.2) is 24.5 Å². The van der Waals surface area contributed by atoms with Crippen LogP contribution in [0.25, 0.3) is 0 Å². The highest BCUT2D eigenvalue weighted by Crippen LogP contribution is 2.00. The number of nitrogens with zero attached hydrogens (tertiary/aromatic N) is 4. The van der Waals surface area contributed by atoms with Gasteiger partial charge in [-0.3, -0.25) is 4.98 Å². The fourth-order valence-corrected chi connectivity index (χ4v) is 1.28. The van der Waals surface area contributed by atoms with Crippen molar-refractivity contribution in [3.63, 3.8) is 0 Å². The lowest BCUT2D eigenvalue weighted by molar-refractivity contribution is 0.534. The molecule has 0 atom stereocenters. The van der Waals surface area contributed by atoms with E-state index >= 15 is 0 Å². The number of anilines is 1. The lowest BCUT2D eigenvalue weighted by Crippen LogP contribution is -2.06. The van der Waals surface area contributed by atoms with Crippen LogP contribution in [0.4, 0.5) is 5.82 Å². The molecule has 0 amide bonds. The van der Waals surface area contributed by atoms with Crippen LogP contribution in [0, 0.1) is 6.92 Å². The third kappa shape index (κ3) is 2.52. The van der Waals surface area contributed by atoms with Gasteiger partial charge in [-0.15, -0.1) is 5.10 Å². The Morgan fingerprint density at radius 1 is 1.33 bits per heavy atom. The van der Waals surface area contributed by atoms with Gasteiger partial charge in [-0.2, -0.15) is 9.90 Å². The van der Waals surface area contributed by atoms with Crippen molar-refractivity contribution in [2.24, 2.45) is 0 Å². The number of pyridine rings is 1. The van der Waals surface area contributed by atoms with Gasteiger partial charge in [-0.1, -0.05) is 6.07 Å². The lowest BCUT2D eigenvalue weighted by atomic mass is 10.2. The van der Waals surface area contributed by atoms with Crippen molar-refractivity contribution in [2.45, 2.75) is 19.9 Å². The van der Waals surface area contributed by atoms with Gasteiger partial charge in [0.1, 0.15) is 0 Å². The van der Waals surface area contributed by atoms with Gasteiger partial charge in [-0.25, -0.2) is 0 Å². The normalized spacial score (nSPS) is 10.5. The first-order valence-corrected chi connectivity index (χ1v) is 4.81. The number of nitrogen functional groups attached to an aromatic ring is 1. The molecule has 0 aliphatic heterocycles. The third-order valence-corrected chi connectivity index (χ3v) is 2.09. The van der Waals surface area contributed by atoms with Gasteiger partial charge in [0.25, 0.3) is 0 Å². The first-order chi connectivity index (χ1) is 7.24. The van der Waals surface area contributed by atoms with Crippen molar-refractivity contribution >= 4 is 5.82 Å². The zero-order valence-corrected chi connectivity index (χ0v) is 8.59. The average Bonchev–Trinajstić information content (AvgIpc) is 2.64. The molecule has 5 heteroatoms. The Labute approximate surface area is 87.9 Å². The zero-order valence-electron chi connectivity index (χ0n) is 8.59. The molecule has 0 unspecified atom stereocenters. The highest BCUT2D eigenvalue weighted by molar-refractivity contribution is 5.19. The summed E-state index contributed by atoms with van der Waals surface area (Å²) in [6.07, 6.45) is 4.22. The number of aryl methyl sites for hydroxylation is 3. The summed E-state index contributed by atoms with van der Waals surface area (Å²) in [5, 5.41) is 8.00. The van der Waals surface area contributed by atoms with Gasteiger partial charge < -0.3 is 5.73 Å². The molecule has 2 aromatic heterocycles. The van der Waals surface area contributed by atoms with Crippen molar-refractivity contribution < 1.29 is 0 Å². The molecule has 0 radical (unpaired) electrons. The van der Waals surface area contributed by atoms with Gasteiger partial charge >= 0.3 is 0 Å². The van der Waals surface area contributed by atoms with E-state index in [1.165, 1.54) is 5.56 Å². The van der Waals surface area contributed by atoms with E-state index in [2.05, 4.69) is 15.2 Å². The van der Waals surface area contributed by atoms with E-state index in [4.69, 9.17) is 5.73 Å². The molecular formula is C10H13N5.